The molecule has 176 valence electrons. The SMILES string of the molecule is CCOC(=O)N1CCN(CCCCNc2c3ccc(Cl)cc3nc3ccc(OC)cc23)CC1. The summed E-state index contributed by atoms with van der Waals surface area (Å²) in [6, 6.07) is 11.8. The van der Waals surface area contributed by atoms with Gasteiger partial charge in [-0.1, -0.05) is 11.6 Å². The second-order valence-corrected chi connectivity index (χ2v) is 8.63. The Morgan fingerprint density at radius 3 is 2.64 bits per heavy atom. The van der Waals surface area contributed by atoms with Crippen molar-refractivity contribution < 1.29 is 14.3 Å². The summed E-state index contributed by atoms with van der Waals surface area (Å²) < 4.78 is 10.5. The number of nitrogens with one attached hydrogen (secondary N) is 1. The number of nitrogens with zero attached hydrogens (tertiary/aromatic N) is 3. The Balaban J connectivity index is 1.36. The van der Waals surface area contributed by atoms with Crippen LogP contribution in [0.4, 0.5) is 10.5 Å². The minimum absolute atomic E-state index is 0.198. The van der Waals surface area contributed by atoms with E-state index in [4.69, 9.17) is 26.1 Å². The molecule has 0 aliphatic carbocycles. The van der Waals surface area contributed by atoms with E-state index in [0.717, 1.165) is 85.4 Å². The van der Waals surface area contributed by atoms with Gasteiger partial charge >= 0.3 is 6.09 Å². The summed E-state index contributed by atoms with van der Waals surface area (Å²) in [6.45, 7) is 7.40. The normalized spacial score (nSPS) is 14.6. The largest absolute Gasteiger partial charge is 0.497 e. The monoisotopic (exact) mass is 470 g/mol. The van der Waals surface area contributed by atoms with Gasteiger partial charge in [0.1, 0.15) is 5.75 Å². The number of benzene rings is 2. The highest BCUT2D eigenvalue weighted by atomic mass is 35.5. The molecule has 0 atom stereocenters. The minimum atomic E-state index is -0.198. The van der Waals surface area contributed by atoms with Crippen LogP contribution in [0.1, 0.15) is 19.8 Å². The van der Waals surface area contributed by atoms with Crippen LogP contribution >= 0.6 is 11.6 Å². The number of hydrogen-bond donors (Lipinski definition) is 1. The number of aromatic nitrogens is 1. The van der Waals surface area contributed by atoms with Gasteiger partial charge in [0.2, 0.25) is 0 Å². The van der Waals surface area contributed by atoms with Gasteiger partial charge in [-0.2, -0.15) is 0 Å². The van der Waals surface area contributed by atoms with Gasteiger partial charge in [0.15, 0.2) is 0 Å². The number of pyridine rings is 1. The second-order valence-electron chi connectivity index (χ2n) is 8.19. The lowest BCUT2D eigenvalue weighted by atomic mass is 10.1. The number of rotatable bonds is 8. The fraction of sp³-hybridized carbons (Fsp3) is 0.440. The number of ether oxygens (including phenoxy) is 2. The van der Waals surface area contributed by atoms with Crippen molar-refractivity contribution in [1.29, 1.82) is 0 Å². The van der Waals surface area contributed by atoms with Crippen molar-refractivity contribution in [3.05, 3.63) is 41.4 Å². The fourth-order valence-corrected chi connectivity index (χ4v) is 4.42. The number of carbonyl (C=O) groups excluding carboxylic acids is 1. The van der Waals surface area contributed by atoms with Gasteiger partial charge in [-0.05, 0) is 62.7 Å². The molecule has 0 radical (unpaired) electrons. The molecule has 1 aliphatic rings. The molecule has 33 heavy (non-hydrogen) atoms. The number of halogens is 1. The van der Waals surface area contributed by atoms with Crippen LogP contribution < -0.4 is 10.1 Å². The Kier molecular flexibility index (Phi) is 7.73. The Hall–Kier alpha value is -2.77. The van der Waals surface area contributed by atoms with Gasteiger partial charge in [0.05, 0.1) is 30.4 Å². The molecule has 0 unspecified atom stereocenters. The summed E-state index contributed by atoms with van der Waals surface area (Å²) in [6.07, 6.45) is 1.93. The van der Waals surface area contributed by atoms with Gasteiger partial charge in [0, 0.05) is 48.5 Å². The van der Waals surface area contributed by atoms with Crippen molar-refractivity contribution in [2.45, 2.75) is 19.8 Å². The summed E-state index contributed by atoms with van der Waals surface area (Å²) in [5, 5.41) is 6.42. The average Bonchev–Trinajstić information content (AvgIpc) is 2.83. The maximum absolute atomic E-state index is 11.8. The van der Waals surface area contributed by atoms with Crippen LogP contribution in [0, 0.1) is 0 Å². The molecule has 1 aromatic heterocycles. The van der Waals surface area contributed by atoms with E-state index in [1.165, 1.54) is 0 Å². The van der Waals surface area contributed by atoms with E-state index in [1.54, 1.807) is 12.0 Å². The van der Waals surface area contributed by atoms with Crippen LogP contribution in [0.2, 0.25) is 5.02 Å². The first kappa shape index (κ1) is 23.4. The van der Waals surface area contributed by atoms with E-state index < -0.39 is 0 Å². The average molecular weight is 471 g/mol. The third-order valence-corrected chi connectivity index (χ3v) is 6.28. The summed E-state index contributed by atoms with van der Waals surface area (Å²) in [4.78, 5) is 20.8. The first-order valence-electron chi connectivity index (χ1n) is 11.5. The van der Waals surface area contributed by atoms with Gasteiger partial charge in [0.25, 0.3) is 0 Å². The van der Waals surface area contributed by atoms with E-state index in [0.29, 0.717) is 11.6 Å². The number of hydrogen-bond acceptors (Lipinski definition) is 6. The highest BCUT2D eigenvalue weighted by Crippen LogP contribution is 2.34. The third-order valence-electron chi connectivity index (χ3n) is 6.04. The number of fused-ring (bicyclic) bond motifs is 2. The zero-order chi connectivity index (χ0) is 23.2. The number of amides is 1. The van der Waals surface area contributed by atoms with Crippen molar-refractivity contribution in [2.75, 3.05) is 58.3 Å². The summed E-state index contributed by atoms with van der Waals surface area (Å²) in [5.74, 6) is 0.808. The second kappa shape index (κ2) is 10.9. The Labute approximate surface area is 199 Å². The predicted molar refractivity (Wildman–Crippen MR) is 134 cm³/mol. The highest BCUT2D eigenvalue weighted by molar-refractivity contribution is 6.31. The van der Waals surface area contributed by atoms with Crippen LogP contribution in [0.25, 0.3) is 21.8 Å². The zero-order valence-electron chi connectivity index (χ0n) is 19.3. The smallest absolute Gasteiger partial charge is 0.409 e. The lowest BCUT2D eigenvalue weighted by Gasteiger charge is -2.34. The first-order valence-corrected chi connectivity index (χ1v) is 11.9. The highest BCUT2D eigenvalue weighted by Gasteiger charge is 2.21. The first-order chi connectivity index (χ1) is 16.1. The van der Waals surface area contributed by atoms with Gasteiger partial charge < -0.3 is 19.7 Å². The molecule has 0 saturated carbocycles. The molecule has 8 heteroatoms. The van der Waals surface area contributed by atoms with E-state index in [2.05, 4.69) is 10.2 Å². The molecule has 2 heterocycles. The van der Waals surface area contributed by atoms with Gasteiger partial charge in [-0.15, -0.1) is 0 Å². The van der Waals surface area contributed by atoms with E-state index in [1.807, 2.05) is 43.3 Å². The van der Waals surface area contributed by atoms with Crippen molar-refractivity contribution in [3.63, 3.8) is 0 Å². The molecular weight excluding hydrogens is 440 g/mol. The lowest BCUT2D eigenvalue weighted by molar-refractivity contribution is 0.0793. The molecule has 4 rings (SSSR count). The molecule has 1 aliphatic heterocycles. The van der Waals surface area contributed by atoms with Crippen LogP contribution in [0.5, 0.6) is 5.75 Å². The topological polar surface area (TPSA) is 66.9 Å². The van der Waals surface area contributed by atoms with Gasteiger partial charge in [-0.25, -0.2) is 9.78 Å². The summed E-state index contributed by atoms with van der Waals surface area (Å²) >= 11 is 6.22. The Morgan fingerprint density at radius 2 is 1.88 bits per heavy atom. The molecule has 1 N–H and O–H groups in total. The number of unbranched alkanes of at least 4 members (excludes halogenated alkanes) is 1. The molecule has 1 amide bonds. The van der Waals surface area contributed by atoms with Crippen molar-refractivity contribution in [2.24, 2.45) is 0 Å². The summed E-state index contributed by atoms with van der Waals surface area (Å²) in [7, 11) is 1.68. The Morgan fingerprint density at radius 1 is 1.06 bits per heavy atom. The molecular formula is C25H31ClN4O3. The van der Waals surface area contributed by atoms with Crippen LogP contribution in [0.15, 0.2) is 36.4 Å². The summed E-state index contributed by atoms with van der Waals surface area (Å²) in [5.41, 5.74) is 2.85. The van der Waals surface area contributed by atoms with Crippen LogP contribution in [-0.2, 0) is 4.74 Å². The number of methoxy groups -OCH3 is 1. The minimum Gasteiger partial charge on any atom is -0.497 e. The molecule has 3 aromatic rings. The van der Waals surface area contributed by atoms with Crippen LogP contribution in [0.3, 0.4) is 0 Å². The van der Waals surface area contributed by atoms with E-state index >= 15 is 0 Å². The number of carbonyl (C=O) groups is 1. The fourth-order valence-electron chi connectivity index (χ4n) is 4.26. The molecule has 0 spiro atoms. The number of piperazine rings is 1. The Bertz CT molecular complexity index is 1120. The maximum atomic E-state index is 11.8. The lowest BCUT2D eigenvalue weighted by Crippen LogP contribution is -2.49. The van der Waals surface area contributed by atoms with E-state index in [-0.39, 0.29) is 6.09 Å². The molecule has 1 fully saturated rings. The van der Waals surface area contributed by atoms with Crippen molar-refractivity contribution in [3.8, 4) is 5.75 Å². The molecule has 2 aromatic carbocycles. The quantitative estimate of drug-likeness (QED) is 0.368. The zero-order valence-corrected chi connectivity index (χ0v) is 20.0. The third kappa shape index (κ3) is 5.60. The maximum Gasteiger partial charge on any atom is 0.409 e. The van der Waals surface area contributed by atoms with Crippen molar-refractivity contribution >= 4 is 45.2 Å². The standard InChI is InChI=1S/C25H31ClN4O3/c1-3-33-25(31)30-14-12-29(13-15-30)11-5-4-10-27-24-20-8-6-18(26)16-23(20)28-22-9-7-19(32-2)17-21(22)24/h6-9,16-17H,3-5,10-15H2,1-2H3,(H,27,28). The molecule has 7 nitrogen and oxygen atoms in total. The predicted octanol–water partition coefficient (Wildman–Crippen LogP) is 5.02. The number of anilines is 1. The van der Waals surface area contributed by atoms with Gasteiger partial charge in [-0.3, -0.25) is 4.90 Å². The molecule has 0 bridgehead atoms. The van der Waals surface area contributed by atoms with Crippen molar-refractivity contribution in [1.82, 2.24) is 14.8 Å². The molecule has 1 saturated heterocycles. The van der Waals surface area contributed by atoms with E-state index in [9.17, 15) is 4.79 Å². The van der Waals surface area contributed by atoms with Crippen LogP contribution in [-0.4, -0.2) is 73.9 Å².